The van der Waals surface area contributed by atoms with Gasteiger partial charge in [-0.15, -0.1) is 0 Å². The highest BCUT2D eigenvalue weighted by Crippen LogP contribution is 2.19. The fourth-order valence-corrected chi connectivity index (χ4v) is 2.27. The standard InChI is InChI=1S/C14H30N2/c1-11(2)10-13(4)16(5)12(3)8-9-15-14-6-7-14/h11-15H,6-10H2,1-5H3. The molecule has 96 valence electrons. The van der Waals surface area contributed by atoms with Crippen LogP contribution < -0.4 is 5.32 Å². The van der Waals surface area contributed by atoms with Crippen LogP contribution in [-0.4, -0.2) is 36.6 Å². The predicted octanol–water partition coefficient (Wildman–Crippen LogP) is 2.88. The maximum absolute atomic E-state index is 3.60. The van der Waals surface area contributed by atoms with Gasteiger partial charge in [-0.05, 0) is 59.0 Å². The van der Waals surface area contributed by atoms with Gasteiger partial charge in [0.1, 0.15) is 0 Å². The molecule has 2 unspecified atom stereocenters. The lowest BCUT2D eigenvalue weighted by molar-refractivity contribution is 0.167. The van der Waals surface area contributed by atoms with E-state index < -0.39 is 0 Å². The largest absolute Gasteiger partial charge is 0.314 e. The monoisotopic (exact) mass is 226 g/mol. The second-order valence-corrected chi connectivity index (χ2v) is 6.01. The van der Waals surface area contributed by atoms with E-state index in [2.05, 4.69) is 45.0 Å². The van der Waals surface area contributed by atoms with Crippen molar-refractivity contribution < 1.29 is 0 Å². The summed E-state index contributed by atoms with van der Waals surface area (Å²) in [4.78, 5) is 2.54. The summed E-state index contributed by atoms with van der Waals surface area (Å²) in [7, 11) is 2.27. The predicted molar refractivity (Wildman–Crippen MR) is 71.8 cm³/mol. The van der Waals surface area contributed by atoms with Crippen LogP contribution in [0.4, 0.5) is 0 Å². The van der Waals surface area contributed by atoms with E-state index in [9.17, 15) is 0 Å². The molecule has 1 saturated carbocycles. The van der Waals surface area contributed by atoms with Crippen LogP contribution in [0.25, 0.3) is 0 Å². The molecule has 1 fully saturated rings. The average Bonchev–Trinajstić information content (AvgIpc) is 2.99. The molecular formula is C14H30N2. The van der Waals surface area contributed by atoms with E-state index in [4.69, 9.17) is 0 Å². The van der Waals surface area contributed by atoms with E-state index in [1.807, 2.05) is 0 Å². The summed E-state index contributed by atoms with van der Waals surface area (Å²) in [5.74, 6) is 0.800. The Morgan fingerprint density at radius 2 is 1.75 bits per heavy atom. The van der Waals surface area contributed by atoms with Crippen LogP contribution >= 0.6 is 0 Å². The van der Waals surface area contributed by atoms with Crippen LogP contribution in [0.3, 0.4) is 0 Å². The van der Waals surface area contributed by atoms with E-state index >= 15 is 0 Å². The zero-order chi connectivity index (χ0) is 12.1. The topological polar surface area (TPSA) is 15.3 Å². The van der Waals surface area contributed by atoms with Gasteiger partial charge < -0.3 is 10.2 Å². The normalized spacial score (nSPS) is 20.4. The molecule has 1 aliphatic carbocycles. The Bertz CT molecular complexity index is 187. The van der Waals surface area contributed by atoms with Crippen molar-refractivity contribution >= 4 is 0 Å². The van der Waals surface area contributed by atoms with E-state index in [1.165, 1.54) is 32.2 Å². The average molecular weight is 226 g/mol. The molecule has 1 N–H and O–H groups in total. The van der Waals surface area contributed by atoms with Crippen LogP contribution in [0.15, 0.2) is 0 Å². The fraction of sp³-hybridized carbons (Fsp3) is 1.00. The van der Waals surface area contributed by atoms with Crippen LogP contribution in [0.1, 0.15) is 53.4 Å². The van der Waals surface area contributed by atoms with Gasteiger partial charge in [0.05, 0.1) is 0 Å². The summed E-state index contributed by atoms with van der Waals surface area (Å²) >= 11 is 0. The summed E-state index contributed by atoms with van der Waals surface area (Å²) in [6.45, 7) is 10.5. The molecule has 0 heterocycles. The van der Waals surface area contributed by atoms with Gasteiger partial charge in [0.2, 0.25) is 0 Å². The van der Waals surface area contributed by atoms with E-state index in [1.54, 1.807) is 0 Å². The summed E-state index contributed by atoms with van der Waals surface area (Å²) in [6, 6.07) is 2.25. The molecule has 16 heavy (non-hydrogen) atoms. The lowest BCUT2D eigenvalue weighted by Crippen LogP contribution is -2.39. The van der Waals surface area contributed by atoms with Crippen LogP contribution in [0.2, 0.25) is 0 Å². The van der Waals surface area contributed by atoms with Crippen molar-refractivity contribution in [3.05, 3.63) is 0 Å². The van der Waals surface area contributed by atoms with Crippen molar-refractivity contribution in [2.75, 3.05) is 13.6 Å². The Morgan fingerprint density at radius 3 is 2.25 bits per heavy atom. The molecule has 0 bridgehead atoms. The molecule has 1 rings (SSSR count). The second-order valence-electron chi connectivity index (χ2n) is 6.01. The number of hydrogen-bond acceptors (Lipinski definition) is 2. The molecule has 0 amide bonds. The number of nitrogens with zero attached hydrogens (tertiary/aromatic N) is 1. The molecule has 0 aromatic heterocycles. The molecule has 1 aliphatic rings. The summed E-state index contributed by atoms with van der Waals surface area (Å²) in [5.41, 5.74) is 0. The van der Waals surface area contributed by atoms with Crippen LogP contribution in [0.5, 0.6) is 0 Å². The Labute approximate surface area is 102 Å². The first-order valence-corrected chi connectivity index (χ1v) is 6.96. The minimum Gasteiger partial charge on any atom is -0.314 e. The van der Waals surface area contributed by atoms with Gasteiger partial charge in [0.25, 0.3) is 0 Å². The summed E-state index contributed by atoms with van der Waals surface area (Å²) in [5, 5.41) is 3.60. The molecule has 2 atom stereocenters. The van der Waals surface area contributed by atoms with Gasteiger partial charge in [-0.1, -0.05) is 13.8 Å². The van der Waals surface area contributed by atoms with Gasteiger partial charge >= 0.3 is 0 Å². The van der Waals surface area contributed by atoms with Gasteiger partial charge in [0, 0.05) is 18.1 Å². The Hall–Kier alpha value is -0.0800. The van der Waals surface area contributed by atoms with Crippen molar-refractivity contribution in [3.63, 3.8) is 0 Å². The molecule has 0 aromatic carbocycles. The third-order valence-corrected chi connectivity index (χ3v) is 3.78. The van der Waals surface area contributed by atoms with Crippen LogP contribution in [-0.2, 0) is 0 Å². The molecular weight excluding hydrogens is 196 g/mol. The lowest BCUT2D eigenvalue weighted by Gasteiger charge is -2.32. The quantitative estimate of drug-likeness (QED) is 0.684. The maximum atomic E-state index is 3.60. The molecule has 2 nitrogen and oxygen atoms in total. The van der Waals surface area contributed by atoms with E-state index in [0.717, 1.165) is 12.0 Å². The summed E-state index contributed by atoms with van der Waals surface area (Å²) < 4.78 is 0. The van der Waals surface area contributed by atoms with Crippen LogP contribution in [0, 0.1) is 5.92 Å². The van der Waals surface area contributed by atoms with Crippen molar-refractivity contribution in [3.8, 4) is 0 Å². The fourth-order valence-electron chi connectivity index (χ4n) is 2.27. The van der Waals surface area contributed by atoms with Gasteiger partial charge in [-0.3, -0.25) is 0 Å². The van der Waals surface area contributed by atoms with Crippen molar-refractivity contribution in [1.82, 2.24) is 10.2 Å². The molecule has 0 spiro atoms. The van der Waals surface area contributed by atoms with Gasteiger partial charge in [0.15, 0.2) is 0 Å². The minimum absolute atomic E-state index is 0.694. The lowest BCUT2D eigenvalue weighted by atomic mass is 10.0. The molecule has 0 radical (unpaired) electrons. The first-order chi connectivity index (χ1) is 7.50. The minimum atomic E-state index is 0.694. The van der Waals surface area contributed by atoms with Crippen molar-refractivity contribution in [2.45, 2.75) is 71.5 Å². The second kappa shape index (κ2) is 6.61. The zero-order valence-corrected chi connectivity index (χ0v) is 11.8. The Morgan fingerprint density at radius 1 is 1.12 bits per heavy atom. The smallest absolute Gasteiger partial charge is 0.00787 e. The maximum Gasteiger partial charge on any atom is 0.00787 e. The molecule has 0 saturated heterocycles. The number of rotatable bonds is 8. The van der Waals surface area contributed by atoms with Crippen molar-refractivity contribution in [2.24, 2.45) is 5.92 Å². The SMILES string of the molecule is CC(C)CC(C)N(C)C(C)CCNC1CC1. The third kappa shape index (κ3) is 5.31. The zero-order valence-electron chi connectivity index (χ0n) is 11.8. The Balaban J connectivity index is 2.14. The first kappa shape index (κ1) is 14.0. The van der Waals surface area contributed by atoms with Crippen molar-refractivity contribution in [1.29, 1.82) is 0 Å². The molecule has 0 aliphatic heterocycles. The third-order valence-electron chi connectivity index (χ3n) is 3.78. The number of nitrogens with one attached hydrogen (secondary N) is 1. The highest BCUT2D eigenvalue weighted by Gasteiger charge is 2.21. The molecule has 2 heteroatoms. The van der Waals surface area contributed by atoms with E-state index in [0.29, 0.717) is 12.1 Å². The molecule has 0 aromatic rings. The first-order valence-electron chi connectivity index (χ1n) is 6.96. The summed E-state index contributed by atoms with van der Waals surface area (Å²) in [6.07, 6.45) is 5.37. The highest BCUT2D eigenvalue weighted by atomic mass is 15.2. The Kier molecular flexibility index (Phi) is 5.77. The highest BCUT2D eigenvalue weighted by molar-refractivity contribution is 4.81. The van der Waals surface area contributed by atoms with Gasteiger partial charge in [-0.2, -0.15) is 0 Å². The van der Waals surface area contributed by atoms with E-state index in [-0.39, 0.29) is 0 Å². The van der Waals surface area contributed by atoms with Gasteiger partial charge in [-0.25, -0.2) is 0 Å². The number of hydrogen-bond donors (Lipinski definition) is 1.